The molecule has 0 amide bonds. The zero-order valence-corrected chi connectivity index (χ0v) is 14.3. The van der Waals surface area contributed by atoms with Gasteiger partial charge in [0.05, 0.1) is 21.7 Å². The molecule has 0 aromatic heterocycles. The highest BCUT2D eigenvalue weighted by Crippen LogP contribution is 2.38. The van der Waals surface area contributed by atoms with Gasteiger partial charge in [-0.05, 0) is 25.0 Å². The molecule has 0 unspecified atom stereocenters. The van der Waals surface area contributed by atoms with E-state index >= 15 is 0 Å². The number of carbonyl (C=O) groups excluding carboxylic acids is 2. The van der Waals surface area contributed by atoms with E-state index in [1.807, 2.05) is 0 Å². The molecular weight excluding hydrogens is 372 g/mol. The van der Waals surface area contributed by atoms with E-state index in [2.05, 4.69) is 0 Å². The Labute approximate surface area is 158 Å². The Bertz CT molecular complexity index is 877. The molecule has 1 aliphatic carbocycles. The lowest BCUT2D eigenvalue weighted by Gasteiger charge is -2.31. The Hall–Kier alpha value is -3.82. The van der Waals surface area contributed by atoms with Crippen LogP contribution < -0.4 is 9.47 Å². The van der Waals surface area contributed by atoms with Crippen molar-refractivity contribution < 1.29 is 28.9 Å². The summed E-state index contributed by atoms with van der Waals surface area (Å²) in [4.78, 5) is 44.9. The van der Waals surface area contributed by atoms with Crippen LogP contribution in [0, 0.1) is 32.1 Å². The molecule has 2 aromatic carbocycles. The van der Waals surface area contributed by atoms with Gasteiger partial charge in [0, 0.05) is 12.1 Å². The third-order valence-electron chi connectivity index (χ3n) is 4.35. The van der Waals surface area contributed by atoms with Crippen molar-refractivity contribution >= 4 is 23.3 Å². The second-order valence-corrected chi connectivity index (χ2v) is 6.16. The van der Waals surface area contributed by atoms with Crippen molar-refractivity contribution in [3.8, 4) is 11.5 Å². The molecule has 3 rings (SSSR count). The van der Waals surface area contributed by atoms with E-state index in [4.69, 9.17) is 9.47 Å². The first-order chi connectivity index (χ1) is 13.4. The highest BCUT2D eigenvalue weighted by atomic mass is 16.6. The van der Waals surface area contributed by atoms with Crippen molar-refractivity contribution in [3.63, 3.8) is 0 Å². The van der Waals surface area contributed by atoms with Gasteiger partial charge in [-0.15, -0.1) is 0 Å². The second-order valence-electron chi connectivity index (χ2n) is 6.16. The molecule has 0 radical (unpaired) electrons. The SMILES string of the molecule is O=C(Oc1ccccc1[N+](=O)[O-])C1CC(C(=O)Oc2ccccc2[N+](=O)[O-])C1. The molecule has 1 aliphatic rings. The average molecular weight is 386 g/mol. The van der Waals surface area contributed by atoms with Gasteiger partial charge < -0.3 is 9.47 Å². The van der Waals surface area contributed by atoms with Crippen molar-refractivity contribution in [1.29, 1.82) is 0 Å². The maximum absolute atomic E-state index is 12.2. The molecule has 0 aliphatic heterocycles. The van der Waals surface area contributed by atoms with E-state index in [0.717, 1.165) is 0 Å². The molecule has 0 atom stereocenters. The number of hydrogen-bond acceptors (Lipinski definition) is 8. The van der Waals surface area contributed by atoms with Gasteiger partial charge >= 0.3 is 23.3 Å². The predicted octanol–water partition coefficient (Wildman–Crippen LogP) is 3.04. The van der Waals surface area contributed by atoms with E-state index in [0.29, 0.717) is 0 Å². The topological polar surface area (TPSA) is 139 Å². The number of rotatable bonds is 6. The van der Waals surface area contributed by atoms with Gasteiger partial charge in [0.25, 0.3) is 0 Å². The highest BCUT2D eigenvalue weighted by molar-refractivity contribution is 5.83. The third kappa shape index (κ3) is 3.95. The van der Waals surface area contributed by atoms with Crippen LogP contribution in [0.15, 0.2) is 48.5 Å². The minimum absolute atomic E-state index is 0.138. The van der Waals surface area contributed by atoms with Crippen LogP contribution in [0.25, 0.3) is 0 Å². The zero-order valence-electron chi connectivity index (χ0n) is 14.3. The van der Waals surface area contributed by atoms with Crippen LogP contribution in [0.4, 0.5) is 11.4 Å². The van der Waals surface area contributed by atoms with Crippen LogP contribution >= 0.6 is 0 Å². The second kappa shape index (κ2) is 7.82. The van der Waals surface area contributed by atoms with Gasteiger partial charge in [-0.2, -0.15) is 0 Å². The van der Waals surface area contributed by atoms with E-state index < -0.39 is 33.6 Å². The highest BCUT2D eigenvalue weighted by Gasteiger charge is 2.42. The first-order valence-corrected chi connectivity index (χ1v) is 8.27. The zero-order chi connectivity index (χ0) is 20.3. The summed E-state index contributed by atoms with van der Waals surface area (Å²) >= 11 is 0. The van der Waals surface area contributed by atoms with Crippen molar-refractivity contribution in [2.24, 2.45) is 11.8 Å². The van der Waals surface area contributed by atoms with Crippen molar-refractivity contribution in [1.82, 2.24) is 0 Å². The van der Waals surface area contributed by atoms with E-state index in [-0.39, 0.29) is 35.7 Å². The van der Waals surface area contributed by atoms with E-state index in [1.54, 1.807) is 0 Å². The minimum Gasteiger partial charge on any atom is -0.419 e. The summed E-state index contributed by atoms with van der Waals surface area (Å²) in [5.74, 6) is -2.90. The lowest BCUT2D eigenvalue weighted by atomic mass is 9.75. The van der Waals surface area contributed by atoms with Crippen molar-refractivity contribution in [3.05, 3.63) is 68.8 Å². The molecular formula is C18H14N2O8. The number of carbonyl (C=O) groups is 2. The van der Waals surface area contributed by atoms with Gasteiger partial charge in [-0.3, -0.25) is 29.8 Å². The number of benzene rings is 2. The standard InChI is InChI=1S/C18H14N2O8/c21-17(27-15-7-3-1-5-13(15)19(23)24)11-9-12(10-11)18(22)28-16-8-4-2-6-14(16)20(25)26/h1-8,11-12H,9-10H2. The first kappa shape index (κ1) is 19.0. The monoisotopic (exact) mass is 386 g/mol. The first-order valence-electron chi connectivity index (χ1n) is 8.27. The lowest BCUT2D eigenvalue weighted by Crippen LogP contribution is -2.39. The molecule has 2 aromatic rings. The molecule has 0 heterocycles. The molecule has 10 nitrogen and oxygen atoms in total. The maximum atomic E-state index is 12.2. The van der Waals surface area contributed by atoms with Crippen molar-refractivity contribution in [2.75, 3.05) is 0 Å². The number of nitro benzene ring substituents is 2. The largest absolute Gasteiger partial charge is 0.419 e. The minimum atomic E-state index is -0.677. The number of nitro groups is 2. The number of para-hydroxylation sites is 4. The van der Waals surface area contributed by atoms with Crippen LogP contribution in [-0.4, -0.2) is 21.8 Å². The van der Waals surface area contributed by atoms with Gasteiger partial charge in [0.1, 0.15) is 0 Å². The number of hydrogen-bond donors (Lipinski definition) is 0. The Morgan fingerprint density at radius 1 is 0.750 bits per heavy atom. The Morgan fingerprint density at radius 3 is 1.46 bits per heavy atom. The van der Waals surface area contributed by atoms with Crippen LogP contribution in [-0.2, 0) is 9.59 Å². The molecule has 0 spiro atoms. The molecule has 10 heteroatoms. The number of ether oxygens (including phenoxy) is 2. The van der Waals surface area contributed by atoms with Crippen molar-refractivity contribution in [2.45, 2.75) is 12.8 Å². The van der Waals surface area contributed by atoms with Crippen LogP contribution in [0.1, 0.15) is 12.8 Å². The van der Waals surface area contributed by atoms with E-state index in [9.17, 15) is 29.8 Å². The Kier molecular flexibility index (Phi) is 5.30. The quantitative estimate of drug-likeness (QED) is 0.319. The summed E-state index contributed by atoms with van der Waals surface area (Å²) in [6.07, 6.45) is 0.276. The normalized spacial score (nSPS) is 17.9. The lowest BCUT2D eigenvalue weighted by molar-refractivity contribution is -0.385. The smallest absolute Gasteiger partial charge is 0.314 e. The molecule has 1 saturated carbocycles. The third-order valence-corrected chi connectivity index (χ3v) is 4.35. The van der Waals surface area contributed by atoms with Gasteiger partial charge in [-0.1, -0.05) is 24.3 Å². The maximum Gasteiger partial charge on any atom is 0.314 e. The van der Waals surface area contributed by atoms with Crippen LogP contribution in [0.5, 0.6) is 11.5 Å². The number of esters is 2. The fraction of sp³-hybridized carbons (Fsp3) is 0.222. The molecule has 144 valence electrons. The Morgan fingerprint density at radius 2 is 1.11 bits per heavy atom. The molecule has 28 heavy (non-hydrogen) atoms. The van der Waals surface area contributed by atoms with E-state index in [1.165, 1.54) is 48.5 Å². The summed E-state index contributed by atoms with van der Waals surface area (Å²) in [5, 5.41) is 21.9. The average Bonchev–Trinajstić information content (AvgIpc) is 2.61. The summed E-state index contributed by atoms with van der Waals surface area (Å²) in [5.41, 5.74) is -0.662. The van der Waals surface area contributed by atoms with Gasteiger partial charge in [-0.25, -0.2) is 0 Å². The molecule has 0 bridgehead atoms. The van der Waals surface area contributed by atoms with Gasteiger partial charge in [0.2, 0.25) is 11.5 Å². The molecule has 0 saturated heterocycles. The molecule has 0 N–H and O–H groups in total. The van der Waals surface area contributed by atoms with Crippen LogP contribution in [0.2, 0.25) is 0 Å². The summed E-state index contributed by atoms with van der Waals surface area (Å²) < 4.78 is 10.2. The molecule has 1 fully saturated rings. The van der Waals surface area contributed by atoms with Crippen LogP contribution in [0.3, 0.4) is 0 Å². The fourth-order valence-corrected chi connectivity index (χ4v) is 2.77. The Balaban J connectivity index is 1.57. The predicted molar refractivity (Wildman–Crippen MR) is 93.7 cm³/mol. The fourth-order valence-electron chi connectivity index (χ4n) is 2.77. The summed E-state index contributed by atoms with van der Waals surface area (Å²) in [6, 6.07) is 11.0. The summed E-state index contributed by atoms with van der Waals surface area (Å²) in [7, 11) is 0. The number of nitrogens with zero attached hydrogens (tertiary/aromatic N) is 2. The van der Waals surface area contributed by atoms with Gasteiger partial charge in [0.15, 0.2) is 0 Å². The summed E-state index contributed by atoms with van der Waals surface area (Å²) in [6.45, 7) is 0.